The fourth-order valence-electron chi connectivity index (χ4n) is 3.23. The van der Waals surface area contributed by atoms with E-state index < -0.39 is 0 Å². The number of hydrogen-bond acceptors (Lipinski definition) is 6. The molecule has 1 unspecified atom stereocenters. The van der Waals surface area contributed by atoms with Crippen molar-refractivity contribution in [2.75, 3.05) is 20.2 Å². The van der Waals surface area contributed by atoms with Crippen LogP contribution in [0.2, 0.25) is 0 Å². The number of amides is 2. The molecule has 0 aliphatic carbocycles. The molecule has 0 radical (unpaired) electrons. The number of likely N-dealkylation sites (tertiary alicyclic amines) is 1. The molecule has 1 N–H and O–H groups in total. The first-order chi connectivity index (χ1) is 13.1. The molecule has 8 nitrogen and oxygen atoms in total. The number of aryl methyl sites for hydroxylation is 1. The molecule has 2 aromatic rings. The predicted molar refractivity (Wildman–Crippen MR) is 97.3 cm³/mol. The average Bonchev–Trinajstić information content (AvgIpc) is 3.14. The molecular weight excluding hydrogens is 348 g/mol. The number of carbonyl (C=O) groups is 2. The number of nitrogens with zero attached hydrogens (tertiary/aromatic N) is 3. The van der Waals surface area contributed by atoms with Crippen LogP contribution in [0.1, 0.15) is 53.8 Å². The van der Waals surface area contributed by atoms with Crippen molar-refractivity contribution in [3.05, 3.63) is 41.5 Å². The van der Waals surface area contributed by atoms with Crippen molar-refractivity contribution >= 4 is 11.8 Å². The Labute approximate surface area is 157 Å². The van der Waals surface area contributed by atoms with E-state index in [9.17, 15) is 9.59 Å². The highest BCUT2D eigenvalue weighted by molar-refractivity contribution is 5.94. The number of nitrogens with one attached hydrogen (secondary N) is 1. The lowest BCUT2D eigenvalue weighted by Gasteiger charge is -2.33. The van der Waals surface area contributed by atoms with Gasteiger partial charge in [-0.1, -0.05) is 11.2 Å². The second kappa shape index (κ2) is 8.66. The summed E-state index contributed by atoms with van der Waals surface area (Å²) in [6.45, 7) is 2.69. The summed E-state index contributed by atoms with van der Waals surface area (Å²) in [6.07, 6.45) is 3.00. The molecule has 1 saturated heterocycles. The molecule has 1 fully saturated rings. The molecule has 144 valence electrons. The number of rotatable bonds is 6. The number of piperidine rings is 1. The van der Waals surface area contributed by atoms with E-state index in [1.807, 2.05) is 0 Å². The van der Waals surface area contributed by atoms with Crippen molar-refractivity contribution in [2.45, 2.75) is 38.6 Å². The Morgan fingerprint density at radius 2 is 2.22 bits per heavy atom. The van der Waals surface area contributed by atoms with Crippen molar-refractivity contribution in [1.82, 2.24) is 20.4 Å². The van der Waals surface area contributed by atoms with Crippen molar-refractivity contribution in [2.24, 2.45) is 0 Å². The highest BCUT2D eigenvalue weighted by atomic mass is 16.5. The predicted octanol–water partition coefficient (Wildman–Crippen LogP) is 2.26. The molecule has 2 heterocycles. The standard InChI is InChI=1S/C19H24N4O4/c1-13-21-19(27-22-13)16-8-3-4-11-23(16)17(24)9-10-20-18(25)14-6-5-7-15(12-14)26-2/h5-7,12,16H,3-4,8-11H2,1-2H3,(H,20,25). The third-order valence-electron chi connectivity index (χ3n) is 4.61. The first-order valence-electron chi connectivity index (χ1n) is 9.10. The van der Waals surface area contributed by atoms with Crippen LogP contribution in [0.3, 0.4) is 0 Å². The van der Waals surface area contributed by atoms with Gasteiger partial charge in [0.15, 0.2) is 5.82 Å². The van der Waals surface area contributed by atoms with Crippen molar-refractivity contribution in [3.63, 3.8) is 0 Å². The summed E-state index contributed by atoms with van der Waals surface area (Å²) < 4.78 is 10.4. The Morgan fingerprint density at radius 3 is 2.96 bits per heavy atom. The third-order valence-corrected chi connectivity index (χ3v) is 4.61. The van der Waals surface area contributed by atoms with E-state index in [2.05, 4.69) is 15.5 Å². The number of carbonyl (C=O) groups excluding carboxylic acids is 2. The second-order valence-electron chi connectivity index (χ2n) is 6.52. The van der Waals surface area contributed by atoms with Gasteiger partial charge in [-0.05, 0) is 44.4 Å². The lowest BCUT2D eigenvalue weighted by atomic mass is 10.0. The van der Waals surface area contributed by atoms with Crippen molar-refractivity contribution in [3.8, 4) is 5.75 Å². The fourth-order valence-corrected chi connectivity index (χ4v) is 3.23. The van der Waals surface area contributed by atoms with Gasteiger partial charge in [0.05, 0.1) is 7.11 Å². The van der Waals surface area contributed by atoms with Gasteiger partial charge in [-0.3, -0.25) is 9.59 Å². The molecule has 1 aromatic heterocycles. The molecule has 2 amide bonds. The van der Waals surface area contributed by atoms with Gasteiger partial charge in [0.25, 0.3) is 5.91 Å². The summed E-state index contributed by atoms with van der Waals surface area (Å²) in [7, 11) is 1.55. The highest BCUT2D eigenvalue weighted by Crippen LogP contribution is 2.30. The Morgan fingerprint density at radius 1 is 1.37 bits per heavy atom. The Kier molecular flexibility index (Phi) is 6.05. The maximum atomic E-state index is 12.7. The van der Waals surface area contributed by atoms with Crippen molar-refractivity contribution < 1.29 is 18.8 Å². The molecule has 1 aromatic carbocycles. The molecule has 27 heavy (non-hydrogen) atoms. The van der Waals surface area contributed by atoms with Gasteiger partial charge >= 0.3 is 0 Å². The maximum absolute atomic E-state index is 12.7. The van der Waals surface area contributed by atoms with E-state index in [0.717, 1.165) is 19.3 Å². The molecule has 1 aliphatic heterocycles. The topological polar surface area (TPSA) is 97.6 Å². The zero-order valence-electron chi connectivity index (χ0n) is 15.6. The number of ether oxygens (including phenoxy) is 1. The van der Waals surface area contributed by atoms with Crippen LogP contribution in [-0.2, 0) is 4.79 Å². The summed E-state index contributed by atoms with van der Waals surface area (Å²) in [6, 6.07) is 6.72. The SMILES string of the molecule is COc1cccc(C(=O)NCCC(=O)N2CCCCC2c2nc(C)no2)c1. The minimum atomic E-state index is -0.232. The van der Waals surface area contributed by atoms with Crippen LogP contribution >= 0.6 is 0 Å². The van der Waals surface area contributed by atoms with Crippen molar-refractivity contribution in [1.29, 1.82) is 0 Å². The van der Waals surface area contributed by atoms with E-state index in [1.54, 1.807) is 43.2 Å². The fraction of sp³-hybridized carbons (Fsp3) is 0.474. The normalized spacial score (nSPS) is 16.8. The van der Waals surface area contributed by atoms with E-state index in [0.29, 0.717) is 29.6 Å². The lowest BCUT2D eigenvalue weighted by Crippen LogP contribution is -2.40. The van der Waals surface area contributed by atoms with Crippen LogP contribution in [0.5, 0.6) is 5.75 Å². The molecule has 0 saturated carbocycles. The minimum absolute atomic E-state index is 0.0264. The number of aromatic nitrogens is 2. The largest absolute Gasteiger partial charge is 0.497 e. The van der Waals surface area contributed by atoms with Crippen LogP contribution < -0.4 is 10.1 Å². The third kappa shape index (κ3) is 4.64. The van der Waals surface area contributed by atoms with Gasteiger partial charge in [0.2, 0.25) is 11.8 Å². The quantitative estimate of drug-likeness (QED) is 0.835. The lowest BCUT2D eigenvalue weighted by molar-refractivity contribution is -0.135. The molecule has 3 rings (SSSR count). The first-order valence-corrected chi connectivity index (χ1v) is 9.10. The van der Waals surface area contributed by atoms with E-state index >= 15 is 0 Å². The zero-order valence-corrected chi connectivity index (χ0v) is 15.6. The highest BCUT2D eigenvalue weighted by Gasteiger charge is 2.31. The molecule has 1 atom stereocenters. The second-order valence-corrected chi connectivity index (χ2v) is 6.52. The van der Waals surface area contributed by atoms with Crippen LogP contribution in [0.15, 0.2) is 28.8 Å². The van der Waals surface area contributed by atoms with E-state index in [1.165, 1.54) is 0 Å². The first kappa shape index (κ1) is 18.9. The van der Waals surface area contributed by atoms with Crippen LogP contribution in [0.4, 0.5) is 0 Å². The molecule has 0 spiro atoms. The summed E-state index contributed by atoms with van der Waals surface area (Å²) in [5, 5.41) is 6.61. The van der Waals surface area contributed by atoms with E-state index in [4.69, 9.17) is 9.26 Å². The monoisotopic (exact) mass is 372 g/mol. The number of methoxy groups -OCH3 is 1. The maximum Gasteiger partial charge on any atom is 0.251 e. The van der Waals surface area contributed by atoms with Gasteiger partial charge in [0.1, 0.15) is 11.8 Å². The average molecular weight is 372 g/mol. The Balaban J connectivity index is 1.55. The zero-order chi connectivity index (χ0) is 19.2. The Bertz CT molecular complexity index is 805. The number of hydrogen-bond donors (Lipinski definition) is 1. The molecule has 1 aliphatic rings. The summed E-state index contributed by atoms with van der Waals surface area (Å²) in [5.41, 5.74) is 0.499. The molecule has 8 heteroatoms. The summed E-state index contributed by atoms with van der Waals surface area (Å²) >= 11 is 0. The summed E-state index contributed by atoms with van der Waals surface area (Å²) in [5.74, 6) is 1.41. The van der Waals surface area contributed by atoms with Gasteiger partial charge in [-0.15, -0.1) is 0 Å². The molecular formula is C19H24N4O4. The molecule has 0 bridgehead atoms. The minimum Gasteiger partial charge on any atom is -0.497 e. The van der Waals surface area contributed by atoms with Gasteiger partial charge in [-0.2, -0.15) is 4.98 Å². The smallest absolute Gasteiger partial charge is 0.251 e. The van der Waals surface area contributed by atoms with Gasteiger partial charge < -0.3 is 19.5 Å². The van der Waals surface area contributed by atoms with Crippen LogP contribution in [0.25, 0.3) is 0 Å². The van der Waals surface area contributed by atoms with Gasteiger partial charge in [0, 0.05) is 25.1 Å². The Hall–Kier alpha value is -2.90. The van der Waals surface area contributed by atoms with Gasteiger partial charge in [-0.25, -0.2) is 0 Å². The van der Waals surface area contributed by atoms with Crippen LogP contribution in [-0.4, -0.2) is 47.1 Å². The summed E-state index contributed by atoms with van der Waals surface area (Å²) in [4.78, 5) is 31.0. The van der Waals surface area contributed by atoms with E-state index in [-0.39, 0.29) is 30.8 Å². The number of benzene rings is 1. The van der Waals surface area contributed by atoms with Crippen LogP contribution in [0, 0.1) is 6.92 Å².